The molecule has 1 aliphatic heterocycles. The van der Waals surface area contributed by atoms with Gasteiger partial charge < -0.3 is 24.2 Å². The van der Waals surface area contributed by atoms with E-state index in [1.54, 1.807) is 39.0 Å². The number of hydrogen-bond acceptors (Lipinski definition) is 8. The molecule has 1 atom stereocenters. The molecule has 1 aliphatic rings. The van der Waals surface area contributed by atoms with Gasteiger partial charge in [0.25, 0.3) is 0 Å². The molecular formula is C24H23N3O4S. The molecule has 1 N–H and O–H groups in total. The number of fused-ring (bicyclic) bond motifs is 2. The number of aliphatic hydroxyl groups is 1. The van der Waals surface area contributed by atoms with Gasteiger partial charge in [0.15, 0.2) is 0 Å². The predicted octanol–water partition coefficient (Wildman–Crippen LogP) is 4.44. The summed E-state index contributed by atoms with van der Waals surface area (Å²) in [5, 5.41) is 11.0. The van der Waals surface area contributed by atoms with Gasteiger partial charge in [-0.1, -0.05) is 0 Å². The van der Waals surface area contributed by atoms with E-state index in [-0.39, 0.29) is 0 Å². The van der Waals surface area contributed by atoms with Crippen LogP contribution in [0.3, 0.4) is 0 Å². The van der Waals surface area contributed by atoms with Gasteiger partial charge in [0.1, 0.15) is 35.5 Å². The highest BCUT2D eigenvalue weighted by molar-refractivity contribution is 7.22. The Hall–Kier alpha value is -3.36. The molecule has 2 aromatic heterocycles. The summed E-state index contributed by atoms with van der Waals surface area (Å²) in [4.78, 5) is 12.2. The second-order valence-corrected chi connectivity index (χ2v) is 8.56. The summed E-state index contributed by atoms with van der Waals surface area (Å²) < 4.78 is 17.3. The quantitative estimate of drug-likeness (QED) is 0.483. The Morgan fingerprint density at radius 2 is 1.72 bits per heavy atom. The third-order valence-electron chi connectivity index (χ3n) is 5.76. The maximum absolute atomic E-state index is 11.0. The number of β-amino-alcohol motifs (C(OH)–C–C–N with tert-alkyl or cyclic N) is 1. The molecule has 32 heavy (non-hydrogen) atoms. The van der Waals surface area contributed by atoms with Gasteiger partial charge in [0.05, 0.1) is 38.1 Å². The SMILES string of the molecule is COc1ccc(-c2cc3ncnc(N4Cc5c(OC)ccc(OC)c5C(O)C4)c3s2)cc1. The highest BCUT2D eigenvalue weighted by Crippen LogP contribution is 2.43. The Balaban J connectivity index is 1.56. The van der Waals surface area contributed by atoms with Gasteiger partial charge in [0.2, 0.25) is 0 Å². The van der Waals surface area contributed by atoms with Crippen molar-refractivity contribution in [2.24, 2.45) is 0 Å². The minimum atomic E-state index is -0.727. The smallest absolute Gasteiger partial charge is 0.150 e. The molecule has 0 saturated carbocycles. The van der Waals surface area contributed by atoms with Crippen LogP contribution in [0.5, 0.6) is 17.2 Å². The molecule has 0 saturated heterocycles. The third kappa shape index (κ3) is 3.41. The lowest BCUT2D eigenvalue weighted by Crippen LogP contribution is -2.34. The average Bonchev–Trinajstić information content (AvgIpc) is 3.27. The molecule has 0 radical (unpaired) electrons. The number of nitrogens with zero attached hydrogens (tertiary/aromatic N) is 3. The average molecular weight is 450 g/mol. The molecule has 0 bridgehead atoms. The molecule has 7 nitrogen and oxygen atoms in total. The standard InChI is InChI=1S/C24H23N3O4S/c1-29-15-6-4-14(5-7-15)21-10-17-23(32-21)24(26-13-25-17)27-11-16-19(30-2)8-9-20(31-3)22(16)18(28)12-27/h4-10,13,18,28H,11-12H2,1-3H3. The van der Waals surface area contributed by atoms with Crippen molar-refractivity contribution in [3.05, 3.63) is 59.9 Å². The fourth-order valence-corrected chi connectivity index (χ4v) is 5.34. The van der Waals surface area contributed by atoms with E-state index in [1.165, 1.54) is 0 Å². The Morgan fingerprint density at radius 3 is 2.44 bits per heavy atom. The van der Waals surface area contributed by atoms with Crippen LogP contribution in [0, 0.1) is 0 Å². The first-order valence-electron chi connectivity index (χ1n) is 10.2. The molecule has 0 aliphatic carbocycles. The van der Waals surface area contributed by atoms with Gasteiger partial charge in [0, 0.05) is 22.5 Å². The lowest BCUT2D eigenvalue weighted by Gasteiger charge is -2.34. The Morgan fingerprint density at radius 1 is 0.969 bits per heavy atom. The van der Waals surface area contributed by atoms with E-state index in [0.717, 1.165) is 49.1 Å². The number of benzene rings is 2. The molecule has 164 valence electrons. The van der Waals surface area contributed by atoms with Crippen LogP contribution in [0.15, 0.2) is 48.8 Å². The normalized spacial score (nSPS) is 15.5. The predicted molar refractivity (Wildman–Crippen MR) is 125 cm³/mol. The van der Waals surface area contributed by atoms with E-state index in [1.807, 2.05) is 36.4 Å². The topological polar surface area (TPSA) is 76.9 Å². The van der Waals surface area contributed by atoms with Crippen LogP contribution in [-0.2, 0) is 6.54 Å². The molecule has 0 spiro atoms. The number of anilines is 1. The number of hydrogen-bond donors (Lipinski definition) is 1. The summed E-state index contributed by atoms with van der Waals surface area (Å²) >= 11 is 1.64. The number of ether oxygens (including phenoxy) is 3. The van der Waals surface area contributed by atoms with E-state index in [2.05, 4.69) is 20.9 Å². The number of rotatable bonds is 5. The van der Waals surface area contributed by atoms with Gasteiger partial charge in [-0.2, -0.15) is 0 Å². The molecule has 4 aromatic rings. The first-order valence-corrected chi connectivity index (χ1v) is 11.0. The molecule has 8 heteroatoms. The van der Waals surface area contributed by atoms with Crippen molar-refractivity contribution in [3.63, 3.8) is 0 Å². The highest BCUT2D eigenvalue weighted by Gasteiger charge is 2.31. The number of methoxy groups -OCH3 is 3. The lowest BCUT2D eigenvalue weighted by molar-refractivity contribution is 0.169. The van der Waals surface area contributed by atoms with E-state index in [4.69, 9.17) is 14.2 Å². The van der Waals surface area contributed by atoms with Crippen molar-refractivity contribution in [1.82, 2.24) is 9.97 Å². The Labute approximate surface area is 189 Å². The fraction of sp³-hybridized carbons (Fsp3) is 0.250. The van der Waals surface area contributed by atoms with Crippen molar-refractivity contribution < 1.29 is 19.3 Å². The van der Waals surface area contributed by atoms with Crippen molar-refractivity contribution in [2.75, 3.05) is 32.8 Å². The zero-order valence-corrected chi connectivity index (χ0v) is 18.8. The molecule has 0 amide bonds. The largest absolute Gasteiger partial charge is 0.497 e. The zero-order chi connectivity index (χ0) is 22.2. The Bertz CT molecular complexity index is 1270. The van der Waals surface area contributed by atoms with E-state index < -0.39 is 6.10 Å². The molecule has 3 heterocycles. The maximum Gasteiger partial charge on any atom is 0.150 e. The van der Waals surface area contributed by atoms with E-state index in [0.29, 0.717) is 18.8 Å². The molecule has 5 rings (SSSR count). The van der Waals surface area contributed by atoms with Crippen LogP contribution in [0.4, 0.5) is 5.82 Å². The van der Waals surface area contributed by atoms with Crippen molar-refractivity contribution in [1.29, 1.82) is 0 Å². The van der Waals surface area contributed by atoms with Crippen LogP contribution in [0.25, 0.3) is 20.7 Å². The molecule has 0 fully saturated rings. The number of thiophene rings is 1. The van der Waals surface area contributed by atoms with Crippen LogP contribution in [0.1, 0.15) is 17.2 Å². The number of aromatic nitrogens is 2. The highest BCUT2D eigenvalue weighted by atomic mass is 32.1. The fourth-order valence-electron chi connectivity index (χ4n) is 4.20. The molecule has 2 aromatic carbocycles. The molecular weight excluding hydrogens is 426 g/mol. The number of aliphatic hydroxyl groups excluding tert-OH is 1. The van der Waals surface area contributed by atoms with Crippen molar-refractivity contribution in [2.45, 2.75) is 12.6 Å². The van der Waals surface area contributed by atoms with E-state index >= 15 is 0 Å². The zero-order valence-electron chi connectivity index (χ0n) is 18.0. The lowest BCUT2D eigenvalue weighted by atomic mass is 9.95. The molecule has 1 unspecified atom stereocenters. The second kappa shape index (κ2) is 8.29. The first-order chi connectivity index (χ1) is 15.6. The van der Waals surface area contributed by atoms with Crippen LogP contribution in [0.2, 0.25) is 0 Å². The Kier molecular flexibility index (Phi) is 5.32. The van der Waals surface area contributed by atoms with Gasteiger partial charge in [-0.25, -0.2) is 9.97 Å². The van der Waals surface area contributed by atoms with Crippen molar-refractivity contribution >= 4 is 27.4 Å². The van der Waals surface area contributed by atoms with Crippen molar-refractivity contribution in [3.8, 4) is 27.7 Å². The first kappa shape index (κ1) is 20.5. The van der Waals surface area contributed by atoms with Gasteiger partial charge >= 0.3 is 0 Å². The second-order valence-electron chi connectivity index (χ2n) is 7.51. The summed E-state index contributed by atoms with van der Waals surface area (Å²) in [7, 11) is 4.91. The van der Waals surface area contributed by atoms with Gasteiger partial charge in [-0.3, -0.25) is 0 Å². The summed E-state index contributed by atoms with van der Waals surface area (Å²) in [6, 6.07) is 13.7. The van der Waals surface area contributed by atoms with Gasteiger partial charge in [-0.05, 0) is 48.0 Å². The van der Waals surface area contributed by atoms with Crippen LogP contribution >= 0.6 is 11.3 Å². The third-order valence-corrected chi connectivity index (χ3v) is 6.93. The summed E-state index contributed by atoms with van der Waals surface area (Å²) in [5.41, 5.74) is 3.65. The van der Waals surface area contributed by atoms with E-state index in [9.17, 15) is 5.11 Å². The minimum absolute atomic E-state index is 0.401. The summed E-state index contributed by atoms with van der Waals surface area (Å²) in [6.45, 7) is 0.951. The summed E-state index contributed by atoms with van der Waals surface area (Å²) in [5.74, 6) is 3.01. The van der Waals surface area contributed by atoms with Crippen LogP contribution < -0.4 is 19.1 Å². The van der Waals surface area contributed by atoms with Crippen LogP contribution in [-0.4, -0.2) is 42.9 Å². The van der Waals surface area contributed by atoms with Gasteiger partial charge in [-0.15, -0.1) is 11.3 Å². The monoisotopic (exact) mass is 449 g/mol. The minimum Gasteiger partial charge on any atom is -0.497 e. The summed E-state index contributed by atoms with van der Waals surface area (Å²) in [6.07, 6.45) is 0.849. The maximum atomic E-state index is 11.0.